The summed E-state index contributed by atoms with van der Waals surface area (Å²) in [6.45, 7) is 4.52. The normalized spacial score (nSPS) is 12.6. The quantitative estimate of drug-likeness (QED) is 0.376. The third-order valence-electron chi connectivity index (χ3n) is 4.03. The fourth-order valence-corrected chi connectivity index (χ4v) is 2.29. The number of aromatic nitrogens is 3. The van der Waals surface area contributed by atoms with Crippen molar-refractivity contribution in [2.24, 2.45) is 12.0 Å². The zero-order valence-electron chi connectivity index (χ0n) is 15.3. The first-order valence-electron chi connectivity index (χ1n) is 8.11. The Morgan fingerprint density at radius 1 is 1.28 bits per heavy atom. The summed E-state index contributed by atoms with van der Waals surface area (Å²) in [6.07, 6.45) is 1.55. The molecule has 1 aromatic carbocycles. The van der Waals surface area contributed by atoms with Gasteiger partial charge in [0.1, 0.15) is 12.2 Å². The molecule has 0 amide bonds. The number of nitrogens with one attached hydrogen (secondary N) is 2. The molecule has 0 fully saturated rings. The van der Waals surface area contributed by atoms with Gasteiger partial charge in [0.25, 0.3) is 0 Å². The summed E-state index contributed by atoms with van der Waals surface area (Å²) in [4.78, 5) is 10.8. The van der Waals surface area contributed by atoms with E-state index in [1.165, 1.54) is 5.56 Å². The molecule has 2 N–H and O–H groups in total. The van der Waals surface area contributed by atoms with Crippen molar-refractivity contribution in [3.63, 3.8) is 0 Å². The topological polar surface area (TPSA) is 70.4 Å². The number of aliphatic imine (C=N–C) groups is 1. The first kappa shape index (κ1) is 21.4. The Hall–Kier alpha value is -1.68. The van der Waals surface area contributed by atoms with Crippen molar-refractivity contribution < 1.29 is 0 Å². The van der Waals surface area contributed by atoms with E-state index in [2.05, 4.69) is 68.8 Å². The standard InChI is InChI=1S/C17H27N7.HI/c1-14(23(3)12-15-8-6-5-7-9-15)10-19-17(18-2)20-11-16-21-13-22-24(16)4;/h5-9,13-14H,10-12H2,1-4H3,(H2,18,19,20);1H. The Morgan fingerprint density at radius 2 is 2.00 bits per heavy atom. The molecular formula is C17H28IN7. The number of guanidine groups is 1. The van der Waals surface area contributed by atoms with Gasteiger partial charge >= 0.3 is 0 Å². The maximum Gasteiger partial charge on any atom is 0.191 e. The predicted octanol–water partition coefficient (Wildman–Crippen LogP) is 1.62. The highest BCUT2D eigenvalue weighted by molar-refractivity contribution is 14.0. The van der Waals surface area contributed by atoms with E-state index in [1.807, 2.05) is 13.1 Å². The lowest BCUT2D eigenvalue weighted by Gasteiger charge is -2.25. The van der Waals surface area contributed by atoms with Crippen molar-refractivity contribution in [1.29, 1.82) is 0 Å². The third kappa shape index (κ3) is 6.99. The van der Waals surface area contributed by atoms with Gasteiger partial charge in [-0.1, -0.05) is 30.3 Å². The SMILES string of the molecule is CN=C(NCc1ncnn1C)NCC(C)N(C)Cc1ccccc1.I. The number of benzene rings is 1. The van der Waals surface area contributed by atoms with Crippen LogP contribution in [-0.4, -0.2) is 52.3 Å². The summed E-state index contributed by atoms with van der Waals surface area (Å²) in [7, 11) is 5.78. The minimum atomic E-state index is 0. The van der Waals surface area contributed by atoms with E-state index in [0.29, 0.717) is 12.6 Å². The van der Waals surface area contributed by atoms with Gasteiger partial charge in [-0.25, -0.2) is 4.98 Å². The van der Waals surface area contributed by atoms with Crippen molar-refractivity contribution in [2.45, 2.75) is 26.1 Å². The fourth-order valence-electron chi connectivity index (χ4n) is 2.29. The number of aryl methyl sites for hydroxylation is 1. The maximum absolute atomic E-state index is 4.25. The van der Waals surface area contributed by atoms with Crippen molar-refractivity contribution in [2.75, 3.05) is 20.6 Å². The van der Waals surface area contributed by atoms with Crippen LogP contribution in [0.2, 0.25) is 0 Å². The van der Waals surface area contributed by atoms with Crippen LogP contribution in [-0.2, 0) is 20.1 Å². The van der Waals surface area contributed by atoms with Gasteiger partial charge in [0, 0.05) is 33.2 Å². The Morgan fingerprint density at radius 3 is 2.60 bits per heavy atom. The van der Waals surface area contributed by atoms with Crippen LogP contribution < -0.4 is 10.6 Å². The zero-order valence-corrected chi connectivity index (χ0v) is 17.6. The highest BCUT2D eigenvalue weighted by atomic mass is 127. The molecule has 8 heteroatoms. The largest absolute Gasteiger partial charge is 0.355 e. The summed E-state index contributed by atoms with van der Waals surface area (Å²) in [6, 6.07) is 10.9. The van der Waals surface area contributed by atoms with Gasteiger partial charge in [-0.15, -0.1) is 24.0 Å². The molecular weight excluding hydrogens is 429 g/mol. The molecule has 25 heavy (non-hydrogen) atoms. The van der Waals surface area contributed by atoms with E-state index >= 15 is 0 Å². The molecule has 0 aliphatic carbocycles. The van der Waals surface area contributed by atoms with Crippen molar-refractivity contribution in [3.8, 4) is 0 Å². The minimum absolute atomic E-state index is 0. The second kappa shape index (κ2) is 11.0. The number of likely N-dealkylation sites (N-methyl/N-ethyl adjacent to an activating group) is 1. The van der Waals surface area contributed by atoms with Crippen LogP contribution >= 0.6 is 24.0 Å². The molecule has 0 bridgehead atoms. The number of rotatable bonds is 7. The van der Waals surface area contributed by atoms with E-state index < -0.39 is 0 Å². The Bertz CT molecular complexity index is 641. The molecule has 1 unspecified atom stereocenters. The second-order valence-corrected chi connectivity index (χ2v) is 5.86. The van der Waals surface area contributed by atoms with E-state index in [-0.39, 0.29) is 24.0 Å². The number of hydrogen-bond donors (Lipinski definition) is 2. The molecule has 2 rings (SSSR count). The Balaban J connectivity index is 0.00000312. The molecule has 7 nitrogen and oxygen atoms in total. The molecule has 1 atom stereocenters. The van der Waals surface area contributed by atoms with Gasteiger partial charge in [0.2, 0.25) is 0 Å². The van der Waals surface area contributed by atoms with Crippen LogP contribution in [0, 0.1) is 0 Å². The van der Waals surface area contributed by atoms with Crippen LogP contribution in [0.15, 0.2) is 41.7 Å². The van der Waals surface area contributed by atoms with Crippen LogP contribution in [0.25, 0.3) is 0 Å². The van der Waals surface area contributed by atoms with Gasteiger partial charge in [0.05, 0.1) is 6.54 Å². The lowest BCUT2D eigenvalue weighted by atomic mass is 10.2. The lowest BCUT2D eigenvalue weighted by Crippen LogP contribution is -2.44. The smallest absolute Gasteiger partial charge is 0.191 e. The molecule has 138 valence electrons. The molecule has 2 aromatic rings. The minimum Gasteiger partial charge on any atom is -0.355 e. The van der Waals surface area contributed by atoms with E-state index in [0.717, 1.165) is 24.9 Å². The molecule has 0 aliphatic rings. The highest BCUT2D eigenvalue weighted by Crippen LogP contribution is 2.05. The number of hydrogen-bond acceptors (Lipinski definition) is 4. The third-order valence-corrected chi connectivity index (χ3v) is 4.03. The van der Waals surface area contributed by atoms with Crippen LogP contribution in [0.5, 0.6) is 0 Å². The average molecular weight is 457 g/mol. The molecule has 0 aliphatic heterocycles. The van der Waals surface area contributed by atoms with Crippen LogP contribution in [0.1, 0.15) is 18.3 Å². The van der Waals surface area contributed by atoms with E-state index in [4.69, 9.17) is 0 Å². The molecule has 0 saturated carbocycles. The lowest BCUT2D eigenvalue weighted by molar-refractivity contribution is 0.249. The average Bonchev–Trinajstić information content (AvgIpc) is 3.00. The molecule has 1 heterocycles. The van der Waals surface area contributed by atoms with E-state index in [1.54, 1.807) is 18.1 Å². The van der Waals surface area contributed by atoms with Crippen LogP contribution in [0.4, 0.5) is 0 Å². The Labute approximate surface area is 166 Å². The molecule has 0 radical (unpaired) electrons. The summed E-state index contributed by atoms with van der Waals surface area (Å²) in [5.41, 5.74) is 1.32. The maximum atomic E-state index is 4.25. The van der Waals surface area contributed by atoms with Gasteiger partial charge in [-0.3, -0.25) is 14.6 Å². The Kier molecular flexibility index (Phi) is 9.43. The first-order valence-corrected chi connectivity index (χ1v) is 8.11. The van der Waals surface area contributed by atoms with Gasteiger partial charge in [0.15, 0.2) is 5.96 Å². The van der Waals surface area contributed by atoms with Crippen molar-refractivity contribution >= 4 is 29.9 Å². The van der Waals surface area contributed by atoms with Gasteiger partial charge < -0.3 is 10.6 Å². The fraction of sp³-hybridized carbons (Fsp3) is 0.471. The summed E-state index contributed by atoms with van der Waals surface area (Å²) < 4.78 is 1.75. The second-order valence-electron chi connectivity index (χ2n) is 5.86. The zero-order chi connectivity index (χ0) is 17.4. The summed E-state index contributed by atoms with van der Waals surface area (Å²) in [5, 5.41) is 10.7. The number of nitrogens with zero attached hydrogens (tertiary/aromatic N) is 5. The summed E-state index contributed by atoms with van der Waals surface area (Å²) >= 11 is 0. The monoisotopic (exact) mass is 457 g/mol. The molecule has 0 spiro atoms. The number of halogens is 1. The highest BCUT2D eigenvalue weighted by Gasteiger charge is 2.10. The van der Waals surface area contributed by atoms with Crippen LogP contribution in [0.3, 0.4) is 0 Å². The van der Waals surface area contributed by atoms with Crippen molar-refractivity contribution in [1.82, 2.24) is 30.3 Å². The molecule has 1 aromatic heterocycles. The molecule has 0 saturated heterocycles. The summed E-state index contributed by atoms with van der Waals surface area (Å²) in [5.74, 6) is 1.63. The van der Waals surface area contributed by atoms with Gasteiger partial charge in [-0.05, 0) is 19.5 Å². The first-order chi connectivity index (χ1) is 11.6. The van der Waals surface area contributed by atoms with Crippen molar-refractivity contribution in [3.05, 3.63) is 48.0 Å². The van der Waals surface area contributed by atoms with E-state index in [9.17, 15) is 0 Å². The predicted molar refractivity (Wildman–Crippen MR) is 112 cm³/mol. The van der Waals surface area contributed by atoms with Gasteiger partial charge in [-0.2, -0.15) is 5.10 Å².